The highest BCUT2D eigenvalue weighted by molar-refractivity contribution is 5.26. The smallest absolute Gasteiger partial charge is 0.0914 e. The van der Waals surface area contributed by atoms with Gasteiger partial charge in [0.1, 0.15) is 0 Å². The van der Waals surface area contributed by atoms with E-state index in [1.807, 2.05) is 0 Å². The quantitative estimate of drug-likeness (QED) is 0.657. The molecule has 0 saturated heterocycles. The molecule has 0 fully saturated rings. The zero-order chi connectivity index (χ0) is 15.7. The number of hydrogen-bond acceptors (Lipinski definition) is 2. The molecule has 2 N–H and O–H groups in total. The molecule has 0 bridgehead atoms. The van der Waals surface area contributed by atoms with Gasteiger partial charge in [-0.15, -0.1) is 0 Å². The molecule has 1 rings (SSSR count). The van der Waals surface area contributed by atoms with Gasteiger partial charge in [-0.2, -0.15) is 0 Å². The molecule has 21 heavy (non-hydrogen) atoms. The van der Waals surface area contributed by atoms with Gasteiger partial charge in [0.15, 0.2) is 0 Å². The Balaban J connectivity index is 2.37. The summed E-state index contributed by atoms with van der Waals surface area (Å²) in [4.78, 5) is 0. The van der Waals surface area contributed by atoms with E-state index in [0.717, 1.165) is 18.0 Å². The van der Waals surface area contributed by atoms with E-state index in [9.17, 15) is 5.11 Å². The number of rotatable bonds is 10. The first-order valence-electron chi connectivity index (χ1n) is 8.57. The van der Waals surface area contributed by atoms with Gasteiger partial charge in [0.25, 0.3) is 0 Å². The van der Waals surface area contributed by atoms with Crippen molar-refractivity contribution in [2.45, 2.75) is 65.4 Å². The lowest BCUT2D eigenvalue weighted by atomic mass is 9.98. The van der Waals surface area contributed by atoms with E-state index >= 15 is 0 Å². The fraction of sp³-hybridized carbons (Fsp3) is 0.684. The third-order valence-corrected chi connectivity index (χ3v) is 4.30. The summed E-state index contributed by atoms with van der Waals surface area (Å²) in [5.74, 6) is 1.28. The average Bonchev–Trinajstić information content (AvgIpc) is 2.50. The van der Waals surface area contributed by atoms with Crippen molar-refractivity contribution in [3.63, 3.8) is 0 Å². The summed E-state index contributed by atoms with van der Waals surface area (Å²) in [6, 6.07) is 8.35. The molecule has 1 aromatic rings. The highest BCUT2D eigenvalue weighted by Gasteiger charge is 2.10. The summed E-state index contributed by atoms with van der Waals surface area (Å²) in [5.41, 5.74) is 2.33. The maximum absolute atomic E-state index is 10.2. The minimum absolute atomic E-state index is 0.408. The van der Waals surface area contributed by atoms with Crippen molar-refractivity contribution in [1.82, 2.24) is 5.32 Å². The van der Waals surface area contributed by atoms with Gasteiger partial charge in [-0.3, -0.25) is 0 Å². The van der Waals surface area contributed by atoms with Gasteiger partial charge in [0.05, 0.1) is 6.10 Å². The Morgan fingerprint density at radius 2 is 1.62 bits per heavy atom. The van der Waals surface area contributed by atoms with Crippen molar-refractivity contribution < 1.29 is 5.11 Å². The Bertz CT molecular complexity index is 372. The first-order valence-corrected chi connectivity index (χ1v) is 8.57. The Hall–Kier alpha value is -0.860. The molecule has 2 unspecified atom stereocenters. The molecule has 0 heterocycles. The third kappa shape index (κ3) is 6.62. The van der Waals surface area contributed by atoms with Crippen molar-refractivity contribution in [3.05, 3.63) is 35.4 Å². The minimum atomic E-state index is -0.408. The molecule has 0 aliphatic rings. The van der Waals surface area contributed by atoms with Crippen LogP contribution in [0, 0.1) is 5.92 Å². The zero-order valence-electron chi connectivity index (χ0n) is 14.2. The Morgan fingerprint density at radius 1 is 1.00 bits per heavy atom. The van der Waals surface area contributed by atoms with Crippen LogP contribution in [0.15, 0.2) is 24.3 Å². The van der Waals surface area contributed by atoms with Crippen LogP contribution in [-0.4, -0.2) is 18.2 Å². The fourth-order valence-corrected chi connectivity index (χ4v) is 2.59. The molecule has 2 heteroatoms. The van der Waals surface area contributed by atoms with Gasteiger partial charge in [-0.05, 0) is 35.9 Å². The van der Waals surface area contributed by atoms with Crippen LogP contribution < -0.4 is 5.32 Å². The maximum atomic E-state index is 10.2. The molecule has 0 radical (unpaired) electrons. The normalized spacial score (nSPS) is 14.4. The van der Waals surface area contributed by atoms with Crippen LogP contribution >= 0.6 is 0 Å². The largest absolute Gasteiger partial charge is 0.387 e. The predicted molar refractivity (Wildman–Crippen MR) is 91.7 cm³/mol. The number of hydrogen-bond donors (Lipinski definition) is 2. The Labute approximate surface area is 131 Å². The van der Waals surface area contributed by atoms with Crippen LogP contribution in [0.4, 0.5) is 0 Å². The second kappa shape index (κ2) is 9.97. The highest BCUT2D eigenvalue weighted by Crippen LogP contribution is 2.18. The van der Waals surface area contributed by atoms with Gasteiger partial charge in [-0.1, -0.05) is 71.2 Å². The molecule has 0 spiro atoms. The van der Waals surface area contributed by atoms with E-state index in [1.165, 1.54) is 31.2 Å². The van der Waals surface area contributed by atoms with E-state index in [1.54, 1.807) is 0 Å². The van der Waals surface area contributed by atoms with Crippen LogP contribution in [0.3, 0.4) is 0 Å². The summed E-state index contributed by atoms with van der Waals surface area (Å²) in [6.07, 6.45) is 4.67. The molecule has 1 aromatic carbocycles. The molecule has 0 aliphatic carbocycles. The van der Waals surface area contributed by atoms with E-state index < -0.39 is 6.10 Å². The van der Waals surface area contributed by atoms with E-state index in [4.69, 9.17) is 0 Å². The van der Waals surface area contributed by atoms with Gasteiger partial charge in [-0.25, -0.2) is 0 Å². The summed E-state index contributed by atoms with van der Waals surface area (Å²) >= 11 is 0. The minimum Gasteiger partial charge on any atom is -0.387 e. The van der Waals surface area contributed by atoms with Gasteiger partial charge < -0.3 is 10.4 Å². The summed E-state index contributed by atoms with van der Waals surface area (Å²) in [7, 11) is 0. The van der Waals surface area contributed by atoms with Crippen molar-refractivity contribution >= 4 is 0 Å². The van der Waals surface area contributed by atoms with E-state index in [2.05, 4.69) is 57.3 Å². The first kappa shape index (κ1) is 18.2. The molecule has 2 nitrogen and oxygen atoms in total. The van der Waals surface area contributed by atoms with Crippen molar-refractivity contribution in [3.8, 4) is 0 Å². The molecule has 0 aromatic heterocycles. The highest BCUT2D eigenvalue weighted by atomic mass is 16.3. The van der Waals surface area contributed by atoms with Crippen LogP contribution in [0.1, 0.15) is 76.5 Å². The lowest BCUT2D eigenvalue weighted by molar-refractivity contribution is 0.172. The summed E-state index contributed by atoms with van der Waals surface area (Å²) in [6.45, 7) is 10.5. The topological polar surface area (TPSA) is 32.3 Å². The predicted octanol–water partition coefficient (Wildman–Crippen LogP) is 4.65. The third-order valence-electron chi connectivity index (χ3n) is 4.30. The standard InChI is InChI=1S/C19H33NO/c1-5-7-8-16(6-2)13-20-14-19(21)18-11-9-17(10-12-18)15(3)4/h9-12,15-16,19-21H,5-8,13-14H2,1-4H3. The van der Waals surface area contributed by atoms with Crippen molar-refractivity contribution in [2.24, 2.45) is 5.92 Å². The molecule has 0 aliphatic heterocycles. The lowest BCUT2D eigenvalue weighted by Crippen LogP contribution is -2.27. The molecule has 120 valence electrons. The summed E-state index contributed by atoms with van der Waals surface area (Å²) < 4.78 is 0. The molecule has 0 saturated carbocycles. The van der Waals surface area contributed by atoms with E-state index in [0.29, 0.717) is 12.5 Å². The Kier molecular flexibility index (Phi) is 8.63. The Morgan fingerprint density at radius 3 is 2.14 bits per heavy atom. The lowest BCUT2D eigenvalue weighted by Gasteiger charge is -2.18. The van der Waals surface area contributed by atoms with Crippen molar-refractivity contribution in [2.75, 3.05) is 13.1 Å². The maximum Gasteiger partial charge on any atom is 0.0914 e. The first-order chi connectivity index (χ1) is 10.1. The van der Waals surface area contributed by atoms with Crippen LogP contribution in [0.2, 0.25) is 0 Å². The number of benzene rings is 1. The molecular weight excluding hydrogens is 258 g/mol. The zero-order valence-corrected chi connectivity index (χ0v) is 14.2. The second-order valence-electron chi connectivity index (χ2n) is 6.41. The number of aliphatic hydroxyl groups is 1. The van der Waals surface area contributed by atoms with E-state index in [-0.39, 0.29) is 0 Å². The van der Waals surface area contributed by atoms with Crippen LogP contribution in [-0.2, 0) is 0 Å². The van der Waals surface area contributed by atoms with Gasteiger partial charge in [0, 0.05) is 6.54 Å². The molecular formula is C19H33NO. The summed E-state index contributed by atoms with van der Waals surface area (Å²) in [5, 5.41) is 13.7. The number of nitrogens with one attached hydrogen (secondary N) is 1. The average molecular weight is 291 g/mol. The number of aliphatic hydroxyl groups excluding tert-OH is 1. The van der Waals surface area contributed by atoms with Crippen LogP contribution in [0.25, 0.3) is 0 Å². The molecule has 0 amide bonds. The van der Waals surface area contributed by atoms with Crippen molar-refractivity contribution in [1.29, 1.82) is 0 Å². The fourth-order valence-electron chi connectivity index (χ4n) is 2.59. The second-order valence-corrected chi connectivity index (χ2v) is 6.41. The monoisotopic (exact) mass is 291 g/mol. The van der Waals surface area contributed by atoms with Gasteiger partial charge >= 0.3 is 0 Å². The molecule has 2 atom stereocenters. The van der Waals surface area contributed by atoms with Crippen LogP contribution in [0.5, 0.6) is 0 Å². The SMILES string of the molecule is CCCCC(CC)CNCC(O)c1ccc(C(C)C)cc1. The number of unbranched alkanes of at least 4 members (excludes halogenated alkanes) is 1. The van der Waals surface area contributed by atoms with Gasteiger partial charge in [0.2, 0.25) is 0 Å².